The first-order valence-electron chi connectivity index (χ1n) is 10.6. The number of ketones is 1. The molecule has 5 rings (SSSR count). The van der Waals surface area contributed by atoms with Gasteiger partial charge in [0.15, 0.2) is 5.13 Å². The summed E-state index contributed by atoms with van der Waals surface area (Å²) in [6, 6.07) is 16.2. The van der Waals surface area contributed by atoms with Crippen LogP contribution in [-0.2, 0) is 9.59 Å². The minimum absolute atomic E-state index is 0.150. The highest BCUT2D eigenvalue weighted by Crippen LogP contribution is 2.44. The highest BCUT2D eigenvalue weighted by molar-refractivity contribution is 7.22. The van der Waals surface area contributed by atoms with Crippen LogP contribution in [0.5, 0.6) is 11.5 Å². The molecule has 1 saturated heterocycles. The van der Waals surface area contributed by atoms with E-state index in [1.807, 2.05) is 0 Å². The largest absolute Gasteiger partial charge is 0.507 e. The number of methoxy groups -OCH3 is 2. The van der Waals surface area contributed by atoms with E-state index in [1.54, 1.807) is 55.6 Å². The van der Waals surface area contributed by atoms with Gasteiger partial charge in [-0.1, -0.05) is 23.5 Å². The Labute approximate surface area is 203 Å². The van der Waals surface area contributed by atoms with Gasteiger partial charge in [0.1, 0.15) is 23.1 Å². The second-order valence-corrected chi connectivity index (χ2v) is 8.79. The van der Waals surface area contributed by atoms with E-state index in [2.05, 4.69) is 4.98 Å². The second kappa shape index (κ2) is 8.84. The van der Waals surface area contributed by atoms with Crippen molar-refractivity contribution in [3.8, 4) is 11.5 Å². The van der Waals surface area contributed by atoms with Gasteiger partial charge in [-0.15, -0.1) is 0 Å². The van der Waals surface area contributed by atoms with E-state index >= 15 is 0 Å². The van der Waals surface area contributed by atoms with Gasteiger partial charge in [-0.2, -0.15) is 0 Å². The molecule has 176 valence electrons. The lowest BCUT2D eigenvalue weighted by Crippen LogP contribution is -2.29. The number of ether oxygens (including phenoxy) is 2. The van der Waals surface area contributed by atoms with Gasteiger partial charge in [-0.25, -0.2) is 9.37 Å². The third-order valence-electron chi connectivity index (χ3n) is 5.76. The van der Waals surface area contributed by atoms with Crippen LogP contribution in [-0.4, -0.2) is 36.0 Å². The van der Waals surface area contributed by atoms with Gasteiger partial charge in [0, 0.05) is 5.56 Å². The molecule has 1 fully saturated rings. The zero-order chi connectivity index (χ0) is 24.7. The van der Waals surface area contributed by atoms with Crippen LogP contribution >= 0.6 is 11.3 Å². The van der Waals surface area contributed by atoms with Gasteiger partial charge < -0.3 is 14.6 Å². The standard InChI is InChI=1S/C26H19FN2O5S/c1-33-17-8-6-14(7-9-17)23(30)21-22(15-4-3-5-16(27)12-15)29(25(32)24(21)31)26-28-19-11-10-18(34-2)13-20(19)35-26/h3-13,22,30H,1-2H3. The van der Waals surface area contributed by atoms with E-state index in [4.69, 9.17) is 9.47 Å². The average Bonchev–Trinajstić information content (AvgIpc) is 3.41. The number of carbonyl (C=O) groups is 2. The van der Waals surface area contributed by atoms with Crippen LogP contribution < -0.4 is 14.4 Å². The topological polar surface area (TPSA) is 89.0 Å². The van der Waals surface area contributed by atoms with E-state index in [0.29, 0.717) is 28.1 Å². The number of carbonyl (C=O) groups excluding carboxylic acids is 2. The molecule has 35 heavy (non-hydrogen) atoms. The Morgan fingerprint density at radius 1 is 1.00 bits per heavy atom. The Morgan fingerprint density at radius 3 is 2.40 bits per heavy atom. The van der Waals surface area contributed by atoms with Gasteiger partial charge in [0.25, 0.3) is 5.78 Å². The number of nitrogens with zero attached hydrogens (tertiary/aromatic N) is 2. The van der Waals surface area contributed by atoms with Crippen molar-refractivity contribution in [2.75, 3.05) is 19.1 Å². The number of Topliss-reactive ketones (excluding diaryl/α,β-unsaturated/α-hetero) is 1. The molecule has 0 bridgehead atoms. The molecular weight excluding hydrogens is 471 g/mol. The van der Waals surface area contributed by atoms with Gasteiger partial charge in [-0.3, -0.25) is 14.5 Å². The fourth-order valence-corrected chi connectivity index (χ4v) is 5.07. The molecule has 1 N–H and O–H groups in total. The predicted octanol–water partition coefficient (Wildman–Crippen LogP) is 5.08. The molecule has 7 nitrogen and oxygen atoms in total. The van der Waals surface area contributed by atoms with Crippen molar-refractivity contribution in [3.63, 3.8) is 0 Å². The molecule has 2 heterocycles. The van der Waals surface area contributed by atoms with E-state index in [0.717, 1.165) is 4.70 Å². The molecule has 0 spiro atoms. The Hall–Kier alpha value is -4.24. The van der Waals surface area contributed by atoms with E-state index in [1.165, 1.54) is 41.5 Å². The van der Waals surface area contributed by atoms with E-state index in [-0.39, 0.29) is 16.5 Å². The number of hydrogen-bond donors (Lipinski definition) is 1. The predicted molar refractivity (Wildman–Crippen MR) is 130 cm³/mol. The van der Waals surface area contributed by atoms with Gasteiger partial charge in [0.05, 0.1) is 36.1 Å². The van der Waals surface area contributed by atoms with Crippen molar-refractivity contribution in [2.24, 2.45) is 0 Å². The van der Waals surface area contributed by atoms with Gasteiger partial charge in [-0.05, 0) is 60.2 Å². The molecule has 1 unspecified atom stereocenters. The second-order valence-electron chi connectivity index (χ2n) is 7.78. The first-order chi connectivity index (χ1) is 16.9. The highest BCUT2D eigenvalue weighted by atomic mass is 32.1. The monoisotopic (exact) mass is 490 g/mol. The SMILES string of the molecule is COc1ccc(C(O)=C2C(=O)C(=O)N(c3nc4ccc(OC)cc4s3)C2c2cccc(F)c2)cc1. The van der Waals surface area contributed by atoms with Crippen molar-refractivity contribution >= 4 is 44.1 Å². The fourth-order valence-electron chi connectivity index (χ4n) is 4.05. The Balaban J connectivity index is 1.70. The number of fused-ring (bicyclic) bond motifs is 1. The quantitative estimate of drug-likeness (QED) is 0.239. The molecule has 0 radical (unpaired) electrons. The zero-order valence-corrected chi connectivity index (χ0v) is 19.5. The maximum atomic E-state index is 14.2. The molecule has 0 aliphatic carbocycles. The summed E-state index contributed by atoms with van der Waals surface area (Å²) in [5.41, 5.74) is 1.11. The lowest BCUT2D eigenvalue weighted by atomic mass is 9.95. The minimum Gasteiger partial charge on any atom is -0.507 e. The average molecular weight is 491 g/mol. The Bertz CT molecular complexity index is 1500. The molecular formula is C26H19FN2O5S. The number of anilines is 1. The molecule has 9 heteroatoms. The summed E-state index contributed by atoms with van der Waals surface area (Å²) in [5.74, 6) is -1.47. The summed E-state index contributed by atoms with van der Waals surface area (Å²) in [5, 5.41) is 11.4. The highest BCUT2D eigenvalue weighted by Gasteiger charge is 2.48. The third kappa shape index (κ3) is 3.89. The summed E-state index contributed by atoms with van der Waals surface area (Å²) < 4.78 is 25.4. The fraction of sp³-hybridized carbons (Fsp3) is 0.115. The maximum absolute atomic E-state index is 14.2. The zero-order valence-electron chi connectivity index (χ0n) is 18.7. The number of thiazole rings is 1. The molecule has 1 aliphatic rings. The smallest absolute Gasteiger partial charge is 0.301 e. The summed E-state index contributed by atoms with van der Waals surface area (Å²) in [4.78, 5) is 32.3. The van der Waals surface area contributed by atoms with E-state index in [9.17, 15) is 19.1 Å². The van der Waals surface area contributed by atoms with Crippen molar-refractivity contribution in [3.05, 3.63) is 89.2 Å². The molecule has 4 aromatic rings. The lowest BCUT2D eigenvalue weighted by Gasteiger charge is -2.23. The molecule has 1 amide bonds. The molecule has 1 aliphatic heterocycles. The summed E-state index contributed by atoms with van der Waals surface area (Å²) in [6.45, 7) is 0. The van der Waals surface area contributed by atoms with Gasteiger partial charge >= 0.3 is 5.91 Å². The number of amides is 1. The van der Waals surface area contributed by atoms with Crippen molar-refractivity contribution < 1.29 is 28.6 Å². The first kappa shape index (κ1) is 22.5. The van der Waals surface area contributed by atoms with Crippen LogP contribution in [0.1, 0.15) is 17.2 Å². The summed E-state index contributed by atoms with van der Waals surface area (Å²) in [7, 11) is 3.06. The Kier molecular flexibility index (Phi) is 5.70. The van der Waals surface area contributed by atoms with E-state index < -0.39 is 23.5 Å². The number of hydrogen-bond acceptors (Lipinski definition) is 7. The number of aromatic nitrogens is 1. The minimum atomic E-state index is -1.07. The summed E-state index contributed by atoms with van der Waals surface area (Å²) in [6.07, 6.45) is 0. The third-order valence-corrected chi connectivity index (χ3v) is 6.78. The number of rotatable bonds is 5. The van der Waals surface area contributed by atoms with Gasteiger partial charge in [0.2, 0.25) is 0 Å². The van der Waals surface area contributed by atoms with Crippen LogP contribution in [0.4, 0.5) is 9.52 Å². The van der Waals surface area contributed by atoms with Crippen LogP contribution in [0.15, 0.2) is 72.3 Å². The van der Waals surface area contributed by atoms with Crippen LogP contribution in [0.2, 0.25) is 0 Å². The van der Waals surface area contributed by atoms with Crippen molar-refractivity contribution in [1.82, 2.24) is 4.98 Å². The number of benzene rings is 3. The lowest BCUT2D eigenvalue weighted by molar-refractivity contribution is -0.132. The van der Waals surface area contributed by atoms with Crippen molar-refractivity contribution in [2.45, 2.75) is 6.04 Å². The molecule has 1 aromatic heterocycles. The molecule has 1 atom stereocenters. The summed E-state index contributed by atoms with van der Waals surface area (Å²) >= 11 is 1.19. The number of halogens is 1. The van der Waals surface area contributed by atoms with Crippen LogP contribution in [0.3, 0.4) is 0 Å². The number of aliphatic hydroxyl groups excluding tert-OH is 1. The first-order valence-corrected chi connectivity index (χ1v) is 11.4. The van der Waals surface area contributed by atoms with Crippen LogP contribution in [0, 0.1) is 5.82 Å². The Morgan fingerprint density at radius 2 is 1.71 bits per heavy atom. The normalized spacial score (nSPS) is 17.2. The number of aliphatic hydroxyl groups is 1. The van der Waals surface area contributed by atoms with Crippen LogP contribution in [0.25, 0.3) is 16.0 Å². The molecule has 0 saturated carbocycles. The van der Waals surface area contributed by atoms with Crippen molar-refractivity contribution in [1.29, 1.82) is 0 Å². The molecule has 3 aromatic carbocycles. The maximum Gasteiger partial charge on any atom is 0.301 e.